The zero-order chi connectivity index (χ0) is 18.5. The van der Waals surface area contributed by atoms with Gasteiger partial charge in [0.2, 0.25) is 0 Å². The van der Waals surface area contributed by atoms with Gasteiger partial charge in [0.25, 0.3) is 0 Å². The zero-order valence-electron chi connectivity index (χ0n) is 14.8. The number of ether oxygens (including phenoxy) is 1. The van der Waals surface area contributed by atoms with E-state index in [4.69, 9.17) is 9.72 Å². The van der Waals surface area contributed by atoms with Gasteiger partial charge in [-0.3, -0.25) is 4.98 Å². The minimum absolute atomic E-state index is 0.354. The summed E-state index contributed by atoms with van der Waals surface area (Å²) in [5, 5.41) is 9.40. The van der Waals surface area contributed by atoms with Gasteiger partial charge in [-0.2, -0.15) is 0 Å². The average molecular weight is 406 g/mol. The predicted molar refractivity (Wildman–Crippen MR) is 108 cm³/mol. The van der Waals surface area contributed by atoms with Crippen molar-refractivity contribution < 1.29 is 9.53 Å². The van der Waals surface area contributed by atoms with Crippen molar-refractivity contribution in [3.05, 3.63) is 41.1 Å². The van der Waals surface area contributed by atoms with Crippen LogP contribution < -0.4 is 0 Å². The molecule has 1 aromatic carbocycles. The number of carbonyl (C=O) groups is 1. The molecule has 0 radical (unpaired) electrons. The van der Waals surface area contributed by atoms with E-state index < -0.39 is 0 Å². The number of benzene rings is 1. The van der Waals surface area contributed by atoms with Crippen molar-refractivity contribution in [1.82, 2.24) is 15.2 Å². The van der Waals surface area contributed by atoms with Crippen LogP contribution in [0.25, 0.3) is 10.9 Å². The number of aryl methyl sites for hydroxylation is 1. The Morgan fingerprint density at radius 3 is 2.65 bits per heavy atom. The van der Waals surface area contributed by atoms with Gasteiger partial charge in [-0.05, 0) is 25.0 Å². The van der Waals surface area contributed by atoms with E-state index in [0.717, 1.165) is 43.0 Å². The number of esters is 1. The third kappa shape index (κ3) is 4.19. The number of thioether (sulfide) groups is 2. The molecule has 136 valence electrons. The van der Waals surface area contributed by atoms with Crippen LogP contribution in [-0.4, -0.2) is 34.0 Å². The van der Waals surface area contributed by atoms with Gasteiger partial charge in [0.05, 0.1) is 23.9 Å². The fourth-order valence-corrected chi connectivity index (χ4v) is 5.44. The number of nitrogens with zero attached hydrogens (tertiary/aromatic N) is 3. The first-order valence-corrected chi connectivity index (χ1v) is 11.0. The van der Waals surface area contributed by atoms with Crippen molar-refractivity contribution in [2.45, 2.75) is 34.7 Å². The molecule has 0 fully saturated rings. The van der Waals surface area contributed by atoms with Crippen molar-refractivity contribution in [3.8, 4) is 0 Å². The quantitative estimate of drug-likeness (QED) is 0.406. The van der Waals surface area contributed by atoms with Gasteiger partial charge in [0.15, 0.2) is 8.68 Å². The van der Waals surface area contributed by atoms with E-state index in [-0.39, 0.29) is 5.97 Å². The highest BCUT2D eigenvalue weighted by Crippen LogP contribution is 2.33. The second-order valence-corrected chi connectivity index (χ2v) is 9.08. The summed E-state index contributed by atoms with van der Waals surface area (Å²) in [5.41, 5.74) is 3.04. The Morgan fingerprint density at radius 1 is 1.19 bits per heavy atom. The molecule has 2 aromatic heterocycles. The summed E-state index contributed by atoms with van der Waals surface area (Å²) in [6, 6.07) is 7.83. The zero-order valence-corrected chi connectivity index (χ0v) is 17.3. The second kappa shape index (κ2) is 8.83. The van der Waals surface area contributed by atoms with Gasteiger partial charge in [-0.15, -0.1) is 10.2 Å². The minimum atomic E-state index is -0.354. The van der Waals surface area contributed by atoms with E-state index >= 15 is 0 Å². The number of hydrogen-bond donors (Lipinski definition) is 0. The first-order chi connectivity index (χ1) is 12.6. The van der Waals surface area contributed by atoms with Gasteiger partial charge in [-0.1, -0.05) is 60.0 Å². The fraction of sp³-hybridized carbons (Fsp3) is 0.333. The van der Waals surface area contributed by atoms with Gasteiger partial charge in [0, 0.05) is 16.9 Å². The fourth-order valence-electron chi connectivity index (χ4n) is 2.55. The second-order valence-electron chi connectivity index (χ2n) is 5.54. The molecule has 8 heteroatoms. The van der Waals surface area contributed by atoms with Crippen LogP contribution in [0.3, 0.4) is 0 Å². The summed E-state index contributed by atoms with van der Waals surface area (Å²) in [6.45, 7) is 4.08. The van der Waals surface area contributed by atoms with E-state index in [1.807, 2.05) is 31.2 Å². The standard InChI is InChI=1S/C18H19N3O2S3/c1-4-9-24-17-20-21-18(26-17)25-10-14-15(16(22)23-3)11(2)12-7-5-6-8-13(12)19-14/h5-8H,4,9-10H2,1-3H3. The van der Waals surface area contributed by atoms with Gasteiger partial charge < -0.3 is 4.74 Å². The van der Waals surface area contributed by atoms with Crippen molar-refractivity contribution in [1.29, 1.82) is 0 Å². The molecule has 0 unspecified atom stereocenters. The van der Waals surface area contributed by atoms with Crippen LogP contribution in [0.15, 0.2) is 32.9 Å². The number of rotatable bonds is 7. The molecule has 0 aliphatic heterocycles. The van der Waals surface area contributed by atoms with E-state index in [9.17, 15) is 4.79 Å². The highest BCUT2D eigenvalue weighted by molar-refractivity contribution is 8.02. The molecule has 0 aliphatic rings. The van der Waals surface area contributed by atoms with Crippen molar-refractivity contribution in [2.75, 3.05) is 12.9 Å². The number of para-hydroxylation sites is 1. The molecule has 3 rings (SSSR count). The minimum Gasteiger partial charge on any atom is -0.465 e. The highest BCUT2D eigenvalue weighted by Gasteiger charge is 2.20. The lowest BCUT2D eigenvalue weighted by atomic mass is 10.0. The summed E-state index contributed by atoms with van der Waals surface area (Å²) in [7, 11) is 1.40. The van der Waals surface area contributed by atoms with Gasteiger partial charge in [-0.25, -0.2) is 4.79 Å². The average Bonchev–Trinajstić information content (AvgIpc) is 3.12. The Hall–Kier alpha value is -1.64. The lowest BCUT2D eigenvalue weighted by molar-refractivity contribution is 0.0598. The smallest absolute Gasteiger partial charge is 0.340 e. The lowest BCUT2D eigenvalue weighted by Gasteiger charge is -2.12. The third-order valence-corrected chi connectivity index (χ3v) is 7.17. The number of aromatic nitrogens is 3. The van der Waals surface area contributed by atoms with E-state index in [1.165, 1.54) is 7.11 Å². The maximum absolute atomic E-state index is 12.3. The Bertz CT molecular complexity index is 927. The molecule has 5 nitrogen and oxygen atoms in total. The Kier molecular flexibility index (Phi) is 6.50. The van der Waals surface area contributed by atoms with Crippen LogP contribution in [0.5, 0.6) is 0 Å². The molecule has 0 N–H and O–H groups in total. The number of pyridine rings is 1. The van der Waals surface area contributed by atoms with Crippen LogP contribution in [0.2, 0.25) is 0 Å². The van der Waals surface area contributed by atoms with Crippen LogP contribution >= 0.6 is 34.9 Å². The third-order valence-electron chi connectivity index (χ3n) is 3.77. The van der Waals surface area contributed by atoms with Crippen LogP contribution in [0.1, 0.15) is 35.0 Å². The lowest BCUT2D eigenvalue weighted by Crippen LogP contribution is -2.10. The molecular weight excluding hydrogens is 386 g/mol. The molecule has 0 atom stereocenters. The first kappa shape index (κ1) is 19.1. The topological polar surface area (TPSA) is 65.0 Å². The molecule has 0 aliphatic carbocycles. The van der Waals surface area contributed by atoms with Crippen molar-refractivity contribution in [3.63, 3.8) is 0 Å². The monoisotopic (exact) mass is 405 g/mol. The van der Waals surface area contributed by atoms with E-state index in [1.54, 1.807) is 34.9 Å². The number of carbonyl (C=O) groups excluding carboxylic acids is 1. The van der Waals surface area contributed by atoms with Gasteiger partial charge >= 0.3 is 5.97 Å². The van der Waals surface area contributed by atoms with Gasteiger partial charge in [0.1, 0.15) is 0 Å². The summed E-state index contributed by atoms with van der Waals surface area (Å²) >= 11 is 4.85. The number of fused-ring (bicyclic) bond motifs is 1. The summed E-state index contributed by atoms with van der Waals surface area (Å²) < 4.78 is 6.85. The molecule has 0 spiro atoms. The summed E-state index contributed by atoms with van der Waals surface area (Å²) in [4.78, 5) is 17.0. The first-order valence-electron chi connectivity index (χ1n) is 8.19. The Morgan fingerprint density at radius 2 is 1.92 bits per heavy atom. The molecule has 26 heavy (non-hydrogen) atoms. The molecule has 0 amide bonds. The molecule has 0 saturated heterocycles. The maximum atomic E-state index is 12.3. The number of methoxy groups -OCH3 is 1. The molecule has 2 heterocycles. The SMILES string of the molecule is CCCSc1nnc(SCc2nc3ccccc3c(C)c2C(=O)OC)s1. The highest BCUT2D eigenvalue weighted by atomic mass is 32.2. The largest absolute Gasteiger partial charge is 0.465 e. The summed E-state index contributed by atoms with van der Waals surface area (Å²) in [5.74, 6) is 1.23. The number of hydrogen-bond acceptors (Lipinski definition) is 8. The molecular formula is C18H19N3O2S3. The van der Waals surface area contributed by atoms with E-state index in [2.05, 4.69) is 17.1 Å². The molecule has 0 bridgehead atoms. The Labute approximate surface area is 165 Å². The Balaban J connectivity index is 1.88. The van der Waals surface area contributed by atoms with Crippen molar-refractivity contribution >= 4 is 51.7 Å². The van der Waals surface area contributed by atoms with Crippen LogP contribution in [0, 0.1) is 6.92 Å². The molecule has 0 saturated carbocycles. The molecule has 3 aromatic rings. The maximum Gasteiger partial charge on any atom is 0.340 e. The normalized spacial score (nSPS) is 11.0. The predicted octanol–water partition coefficient (Wildman–Crippen LogP) is 4.98. The van der Waals surface area contributed by atoms with Crippen LogP contribution in [-0.2, 0) is 10.5 Å². The van der Waals surface area contributed by atoms with Crippen LogP contribution in [0.4, 0.5) is 0 Å². The van der Waals surface area contributed by atoms with E-state index in [0.29, 0.717) is 11.3 Å². The summed E-state index contributed by atoms with van der Waals surface area (Å²) in [6.07, 6.45) is 1.11. The van der Waals surface area contributed by atoms with Crippen molar-refractivity contribution in [2.24, 2.45) is 0 Å².